The van der Waals surface area contributed by atoms with Gasteiger partial charge >= 0.3 is 5.97 Å². The summed E-state index contributed by atoms with van der Waals surface area (Å²) < 4.78 is 15.0. The molecule has 0 saturated carbocycles. The summed E-state index contributed by atoms with van der Waals surface area (Å²) in [5, 5.41) is 15.9. The first kappa shape index (κ1) is 12.5. The molecule has 1 N–H and O–H groups in total. The number of carboxylic acids is 1. The van der Waals surface area contributed by atoms with Crippen LogP contribution in [0.15, 0.2) is 18.3 Å². The molecule has 2 aromatic rings. The number of benzene rings is 1. The third-order valence-corrected chi connectivity index (χ3v) is 2.78. The van der Waals surface area contributed by atoms with Crippen LogP contribution in [0.25, 0.3) is 5.69 Å². The van der Waals surface area contributed by atoms with E-state index in [-0.39, 0.29) is 10.7 Å². The van der Waals surface area contributed by atoms with Crippen molar-refractivity contribution in [1.29, 1.82) is 0 Å². The van der Waals surface area contributed by atoms with Gasteiger partial charge in [0, 0.05) is 5.56 Å². The Balaban J connectivity index is 2.56. The lowest BCUT2D eigenvalue weighted by Crippen LogP contribution is -2.03. The largest absolute Gasteiger partial charge is 0.476 e. The van der Waals surface area contributed by atoms with Gasteiger partial charge in [-0.25, -0.2) is 13.9 Å². The summed E-state index contributed by atoms with van der Waals surface area (Å²) in [6.45, 7) is 1.77. The lowest BCUT2D eigenvalue weighted by Gasteiger charge is -2.09. The van der Waals surface area contributed by atoms with Gasteiger partial charge in [-0.1, -0.05) is 23.7 Å². The molecule has 0 fully saturated rings. The Kier molecular flexibility index (Phi) is 3.29. The number of aromatic carboxylic acids is 1. The van der Waals surface area contributed by atoms with E-state index < -0.39 is 11.8 Å². The van der Waals surface area contributed by atoms with Crippen LogP contribution in [-0.4, -0.2) is 26.1 Å². The molecule has 0 spiro atoms. The molecule has 0 amide bonds. The number of carboxylic acid groups (broad SMARTS) is 1. The zero-order valence-electron chi connectivity index (χ0n) is 9.39. The quantitative estimate of drug-likeness (QED) is 0.928. The van der Waals surface area contributed by atoms with Crippen LogP contribution in [0.2, 0.25) is 5.02 Å². The number of halogens is 2. The van der Waals surface area contributed by atoms with Gasteiger partial charge in [0.2, 0.25) is 0 Å². The Hall–Kier alpha value is -1.95. The van der Waals surface area contributed by atoms with Gasteiger partial charge in [0.25, 0.3) is 0 Å². The first-order valence-corrected chi connectivity index (χ1v) is 5.55. The van der Waals surface area contributed by atoms with Gasteiger partial charge in [0.15, 0.2) is 5.69 Å². The molecule has 94 valence electrons. The summed E-state index contributed by atoms with van der Waals surface area (Å²) in [4.78, 5) is 10.7. The first-order valence-electron chi connectivity index (χ1n) is 5.17. The molecule has 1 heterocycles. The minimum Gasteiger partial charge on any atom is -0.476 e. The third kappa shape index (κ3) is 2.06. The van der Waals surface area contributed by atoms with Crippen molar-refractivity contribution in [2.45, 2.75) is 13.3 Å². The average molecular weight is 270 g/mol. The molecular weight excluding hydrogens is 261 g/mol. The summed E-state index contributed by atoms with van der Waals surface area (Å²) in [6, 6.07) is 2.97. The molecule has 7 heteroatoms. The summed E-state index contributed by atoms with van der Waals surface area (Å²) in [5.41, 5.74) is 0.594. The lowest BCUT2D eigenvalue weighted by molar-refractivity contribution is 0.0690. The van der Waals surface area contributed by atoms with E-state index in [1.807, 2.05) is 0 Å². The van der Waals surface area contributed by atoms with Gasteiger partial charge < -0.3 is 5.11 Å². The van der Waals surface area contributed by atoms with Gasteiger partial charge in [0.1, 0.15) is 5.82 Å². The van der Waals surface area contributed by atoms with E-state index in [0.717, 1.165) is 0 Å². The smallest absolute Gasteiger partial charge is 0.358 e. The van der Waals surface area contributed by atoms with Crippen molar-refractivity contribution in [3.05, 3.63) is 40.4 Å². The number of carbonyl (C=O) groups is 1. The van der Waals surface area contributed by atoms with Crippen LogP contribution in [0.1, 0.15) is 23.0 Å². The second-order valence-corrected chi connectivity index (χ2v) is 3.97. The molecule has 1 aromatic carbocycles. The Labute approximate surface area is 107 Å². The fourth-order valence-corrected chi connectivity index (χ4v) is 1.79. The number of rotatable bonds is 3. The second kappa shape index (κ2) is 4.73. The van der Waals surface area contributed by atoms with Crippen molar-refractivity contribution in [3.63, 3.8) is 0 Å². The molecule has 0 radical (unpaired) electrons. The topological polar surface area (TPSA) is 68.0 Å². The maximum Gasteiger partial charge on any atom is 0.358 e. The van der Waals surface area contributed by atoms with Crippen molar-refractivity contribution >= 4 is 17.6 Å². The predicted molar refractivity (Wildman–Crippen MR) is 62.7 cm³/mol. The first-order chi connectivity index (χ1) is 8.54. The van der Waals surface area contributed by atoms with Crippen LogP contribution >= 0.6 is 11.6 Å². The normalized spacial score (nSPS) is 10.6. The van der Waals surface area contributed by atoms with Crippen LogP contribution in [-0.2, 0) is 6.42 Å². The van der Waals surface area contributed by atoms with Crippen LogP contribution in [0.5, 0.6) is 0 Å². The molecule has 5 nitrogen and oxygen atoms in total. The molecule has 0 aliphatic rings. The number of hydrogen-bond acceptors (Lipinski definition) is 3. The monoisotopic (exact) mass is 269 g/mol. The van der Waals surface area contributed by atoms with Crippen LogP contribution in [0.4, 0.5) is 4.39 Å². The maximum atomic E-state index is 13.8. The molecule has 18 heavy (non-hydrogen) atoms. The fraction of sp³-hybridized carbons (Fsp3) is 0.182. The van der Waals surface area contributed by atoms with E-state index >= 15 is 0 Å². The highest BCUT2D eigenvalue weighted by molar-refractivity contribution is 6.30. The highest BCUT2D eigenvalue weighted by Crippen LogP contribution is 2.24. The Morgan fingerprint density at radius 1 is 1.56 bits per heavy atom. The molecule has 0 saturated heterocycles. The summed E-state index contributed by atoms with van der Waals surface area (Å²) in [5.74, 6) is -1.71. The summed E-state index contributed by atoms with van der Waals surface area (Å²) in [6.07, 6.45) is 1.63. The average Bonchev–Trinajstić information content (AvgIpc) is 2.82. The molecule has 2 rings (SSSR count). The van der Waals surface area contributed by atoms with Crippen LogP contribution in [0, 0.1) is 5.82 Å². The molecule has 0 aliphatic carbocycles. The molecule has 0 atom stereocenters. The van der Waals surface area contributed by atoms with Crippen molar-refractivity contribution in [3.8, 4) is 5.69 Å². The Morgan fingerprint density at radius 3 is 2.83 bits per heavy atom. The molecule has 0 bridgehead atoms. The Morgan fingerprint density at radius 2 is 2.28 bits per heavy atom. The zero-order valence-corrected chi connectivity index (χ0v) is 10.1. The maximum absolute atomic E-state index is 13.8. The standard InChI is InChI=1S/C11H9ClFN3O2/c1-2-6-9(4-3-7(12)10(6)13)16-5-8(11(17)18)14-15-16/h3-5H,2H2,1H3,(H,17,18). The third-order valence-electron chi connectivity index (χ3n) is 2.48. The van der Waals surface area contributed by atoms with Crippen LogP contribution < -0.4 is 0 Å². The highest BCUT2D eigenvalue weighted by Gasteiger charge is 2.15. The zero-order chi connectivity index (χ0) is 13.3. The molecule has 1 aromatic heterocycles. The Bertz CT molecular complexity index is 612. The fourth-order valence-electron chi connectivity index (χ4n) is 1.61. The van der Waals surface area contributed by atoms with Gasteiger partial charge in [0.05, 0.1) is 16.9 Å². The highest BCUT2D eigenvalue weighted by atomic mass is 35.5. The van der Waals surface area contributed by atoms with Gasteiger partial charge in [-0.15, -0.1) is 5.10 Å². The van der Waals surface area contributed by atoms with Crippen molar-refractivity contribution in [2.75, 3.05) is 0 Å². The summed E-state index contributed by atoms with van der Waals surface area (Å²) in [7, 11) is 0. The SMILES string of the molecule is CCc1c(-n2cc(C(=O)O)nn2)ccc(Cl)c1F. The van der Waals surface area contributed by atoms with E-state index in [0.29, 0.717) is 17.7 Å². The van der Waals surface area contributed by atoms with Gasteiger partial charge in [-0.05, 0) is 18.6 Å². The van der Waals surface area contributed by atoms with Crippen molar-refractivity contribution in [2.24, 2.45) is 0 Å². The second-order valence-electron chi connectivity index (χ2n) is 3.57. The van der Waals surface area contributed by atoms with E-state index in [1.165, 1.54) is 16.9 Å². The summed E-state index contributed by atoms with van der Waals surface area (Å²) >= 11 is 5.69. The van der Waals surface area contributed by atoms with Crippen molar-refractivity contribution < 1.29 is 14.3 Å². The molecule has 0 aliphatic heterocycles. The predicted octanol–water partition coefficient (Wildman–Crippen LogP) is 2.32. The van der Waals surface area contributed by atoms with Gasteiger partial charge in [-0.3, -0.25) is 0 Å². The van der Waals surface area contributed by atoms with Gasteiger partial charge in [-0.2, -0.15) is 0 Å². The number of hydrogen-bond donors (Lipinski definition) is 1. The van der Waals surface area contributed by atoms with E-state index in [4.69, 9.17) is 16.7 Å². The molecule has 0 unspecified atom stereocenters. The van der Waals surface area contributed by atoms with E-state index in [2.05, 4.69) is 10.3 Å². The van der Waals surface area contributed by atoms with Crippen molar-refractivity contribution in [1.82, 2.24) is 15.0 Å². The van der Waals surface area contributed by atoms with Crippen LogP contribution in [0.3, 0.4) is 0 Å². The minimum absolute atomic E-state index is 0.0224. The van der Waals surface area contributed by atoms with E-state index in [9.17, 15) is 9.18 Å². The van der Waals surface area contributed by atoms with E-state index in [1.54, 1.807) is 13.0 Å². The molecular formula is C11H9ClFN3O2. The lowest BCUT2D eigenvalue weighted by atomic mass is 10.1. The number of aromatic nitrogens is 3. The minimum atomic E-state index is -1.19. The number of nitrogens with zero attached hydrogens (tertiary/aromatic N) is 3.